The van der Waals surface area contributed by atoms with E-state index in [-0.39, 0.29) is 19.1 Å². The van der Waals surface area contributed by atoms with Gasteiger partial charge in [-0.05, 0) is 105 Å². The van der Waals surface area contributed by atoms with Crippen LogP contribution in [0.1, 0.15) is 69.0 Å². The Morgan fingerprint density at radius 3 is 2.45 bits per heavy atom. The van der Waals surface area contributed by atoms with Crippen molar-refractivity contribution in [3.05, 3.63) is 103 Å². The van der Waals surface area contributed by atoms with Gasteiger partial charge >= 0.3 is 5.97 Å². The smallest absolute Gasteiger partial charge is 0.341 e. The van der Waals surface area contributed by atoms with E-state index in [0.29, 0.717) is 54.5 Å². The van der Waals surface area contributed by atoms with Gasteiger partial charge in [0.2, 0.25) is 0 Å². The second kappa shape index (κ2) is 16.7. The summed E-state index contributed by atoms with van der Waals surface area (Å²) in [4.78, 5) is 39.6. The molecule has 3 aromatic carbocycles. The van der Waals surface area contributed by atoms with E-state index in [4.69, 9.17) is 42.1 Å². The van der Waals surface area contributed by atoms with Gasteiger partial charge in [-0.3, -0.25) is 9.59 Å². The van der Waals surface area contributed by atoms with E-state index in [2.05, 4.69) is 15.8 Å². The van der Waals surface area contributed by atoms with Gasteiger partial charge in [0.1, 0.15) is 17.4 Å². The Morgan fingerprint density at radius 1 is 1.00 bits per heavy atom. The first kappa shape index (κ1) is 35.7. The van der Waals surface area contributed by atoms with Crippen LogP contribution in [0.2, 0.25) is 10.0 Å². The average Bonchev–Trinajstić information content (AvgIpc) is 3.46. The number of aryl methyl sites for hydroxylation is 1. The Labute approximate surface area is 298 Å². The van der Waals surface area contributed by atoms with Gasteiger partial charge in [-0.25, -0.2) is 10.2 Å². The minimum atomic E-state index is -0.886. The summed E-state index contributed by atoms with van der Waals surface area (Å²) in [7, 11) is 1.52. The highest BCUT2D eigenvalue weighted by Crippen LogP contribution is 2.39. The van der Waals surface area contributed by atoms with Gasteiger partial charge in [-0.1, -0.05) is 29.3 Å². The van der Waals surface area contributed by atoms with E-state index in [1.807, 2.05) is 0 Å². The van der Waals surface area contributed by atoms with Gasteiger partial charge in [0.15, 0.2) is 17.6 Å². The van der Waals surface area contributed by atoms with Crippen molar-refractivity contribution in [3.63, 3.8) is 0 Å². The fourth-order valence-corrected chi connectivity index (χ4v) is 6.94. The predicted molar refractivity (Wildman–Crippen MR) is 191 cm³/mol. The van der Waals surface area contributed by atoms with Crippen LogP contribution in [0.25, 0.3) is 0 Å². The van der Waals surface area contributed by atoms with Gasteiger partial charge in [0, 0.05) is 26.0 Å². The molecule has 0 aliphatic heterocycles. The molecule has 0 fully saturated rings. The molecule has 2 amide bonds. The van der Waals surface area contributed by atoms with Crippen molar-refractivity contribution in [2.75, 3.05) is 19.0 Å². The van der Waals surface area contributed by atoms with Gasteiger partial charge < -0.3 is 24.3 Å². The number of hydrogen-bond acceptors (Lipinski definition) is 9. The summed E-state index contributed by atoms with van der Waals surface area (Å²) >= 11 is 13.9. The molecule has 1 aromatic heterocycles. The second-order valence-corrected chi connectivity index (χ2v) is 12.9. The Kier molecular flexibility index (Phi) is 12.2. The zero-order chi connectivity index (χ0) is 34.9. The Hall–Kier alpha value is -4.58. The van der Waals surface area contributed by atoms with Crippen LogP contribution in [0, 0.1) is 0 Å². The lowest BCUT2D eigenvalue weighted by molar-refractivity contribution is -0.127. The molecule has 0 saturated carbocycles. The number of hydrogen-bond donors (Lipinski definition) is 2. The zero-order valence-corrected chi connectivity index (χ0v) is 29.5. The number of nitrogens with zero attached hydrogens (tertiary/aromatic N) is 1. The molecule has 10 nitrogen and oxygen atoms in total. The van der Waals surface area contributed by atoms with Crippen molar-refractivity contribution in [2.24, 2.45) is 5.10 Å². The number of amides is 2. The van der Waals surface area contributed by atoms with E-state index in [0.717, 1.165) is 36.1 Å². The number of nitrogens with one attached hydrogen (secondary N) is 2. The number of ether oxygens (including phenoxy) is 4. The van der Waals surface area contributed by atoms with Crippen molar-refractivity contribution < 1.29 is 33.3 Å². The molecule has 0 bridgehead atoms. The molecule has 0 radical (unpaired) electrons. The number of carbonyl (C=O) groups excluding carboxylic acids is 3. The molecule has 49 heavy (non-hydrogen) atoms. The fourth-order valence-electron chi connectivity index (χ4n) is 5.16. The quantitative estimate of drug-likeness (QED) is 0.0817. The lowest BCUT2D eigenvalue weighted by Gasteiger charge is -2.14. The number of thiophene rings is 1. The Bertz CT molecular complexity index is 1840. The SMILES string of the molecule is CCOC(=O)c1c(NC(=O)c2ccc(O[C@H](C)C(=O)N/N=C\c3ccc(OCc4c(Cl)cccc4Cl)c(OC)c3)cc2)sc2c1CCCC2. The molecule has 1 atom stereocenters. The standard InChI is InChI=1S/C36H35Cl2N3O7S/c1-4-46-36(44)32-25-8-5-6-11-31(25)49-35(32)40-34(43)23-13-15-24(16-14-23)48-21(2)33(42)41-39-19-22-12-17-29(30(18-22)45-3)47-20-26-27(37)9-7-10-28(26)38/h7,9-10,12-19,21H,4-6,8,11,20H2,1-3H3,(H,40,43)(H,41,42)/b39-19-/t21-/m1/s1. The van der Waals surface area contributed by atoms with Crippen LogP contribution < -0.4 is 25.0 Å². The van der Waals surface area contributed by atoms with E-state index in [1.54, 1.807) is 74.5 Å². The van der Waals surface area contributed by atoms with Crippen LogP contribution in [-0.4, -0.2) is 43.8 Å². The highest BCUT2D eigenvalue weighted by Gasteiger charge is 2.27. The van der Waals surface area contributed by atoms with E-state index < -0.39 is 18.0 Å². The number of anilines is 1. The maximum atomic E-state index is 13.1. The van der Waals surface area contributed by atoms with Crippen molar-refractivity contribution in [2.45, 2.75) is 52.2 Å². The van der Waals surface area contributed by atoms with Gasteiger partial charge in [0.25, 0.3) is 11.8 Å². The molecule has 13 heteroatoms. The van der Waals surface area contributed by atoms with Crippen molar-refractivity contribution in [1.29, 1.82) is 0 Å². The van der Waals surface area contributed by atoms with Crippen molar-refractivity contribution in [3.8, 4) is 17.2 Å². The lowest BCUT2D eigenvalue weighted by atomic mass is 9.95. The third kappa shape index (κ3) is 8.91. The molecule has 1 aliphatic carbocycles. The molecular formula is C36H35Cl2N3O7S. The summed E-state index contributed by atoms with van der Waals surface area (Å²) < 4.78 is 22.4. The second-order valence-electron chi connectivity index (χ2n) is 11.0. The molecular weight excluding hydrogens is 689 g/mol. The number of carbonyl (C=O) groups is 3. The maximum Gasteiger partial charge on any atom is 0.341 e. The van der Waals surface area contributed by atoms with Crippen LogP contribution >= 0.6 is 34.5 Å². The Balaban J connectivity index is 1.14. The van der Waals surface area contributed by atoms with E-state index >= 15 is 0 Å². The van der Waals surface area contributed by atoms with Gasteiger partial charge in [-0.2, -0.15) is 5.10 Å². The van der Waals surface area contributed by atoms with Crippen LogP contribution in [0.15, 0.2) is 65.8 Å². The normalized spacial score (nSPS) is 12.9. The highest BCUT2D eigenvalue weighted by atomic mass is 35.5. The first-order chi connectivity index (χ1) is 23.7. The number of rotatable bonds is 13. The first-order valence-electron chi connectivity index (χ1n) is 15.6. The molecule has 256 valence electrons. The molecule has 1 aliphatic rings. The summed E-state index contributed by atoms with van der Waals surface area (Å²) in [6, 6.07) is 16.8. The third-order valence-electron chi connectivity index (χ3n) is 7.69. The van der Waals surface area contributed by atoms with Gasteiger partial charge in [-0.15, -0.1) is 11.3 Å². The minimum absolute atomic E-state index is 0.154. The lowest BCUT2D eigenvalue weighted by Crippen LogP contribution is -2.33. The summed E-state index contributed by atoms with van der Waals surface area (Å²) in [5.41, 5.74) is 5.59. The average molecular weight is 725 g/mol. The molecule has 2 N–H and O–H groups in total. The fraction of sp³-hybridized carbons (Fsp3) is 0.278. The number of methoxy groups -OCH3 is 1. The Morgan fingerprint density at radius 2 is 1.73 bits per heavy atom. The summed E-state index contributed by atoms with van der Waals surface area (Å²) in [6.07, 6.45) is 4.30. The largest absolute Gasteiger partial charge is 0.493 e. The molecule has 0 spiro atoms. The van der Waals surface area contributed by atoms with Crippen LogP contribution in [0.3, 0.4) is 0 Å². The summed E-state index contributed by atoms with van der Waals surface area (Å²) in [5.74, 6) is 0.0711. The molecule has 4 aromatic rings. The molecule has 0 saturated heterocycles. The van der Waals surface area contributed by atoms with Crippen LogP contribution in [0.4, 0.5) is 5.00 Å². The first-order valence-corrected chi connectivity index (χ1v) is 17.2. The van der Waals surface area contributed by atoms with Crippen molar-refractivity contribution in [1.82, 2.24) is 5.43 Å². The number of hydrazone groups is 1. The minimum Gasteiger partial charge on any atom is -0.493 e. The summed E-state index contributed by atoms with van der Waals surface area (Å²) in [6.45, 7) is 3.75. The van der Waals surface area contributed by atoms with E-state index in [1.165, 1.54) is 24.7 Å². The van der Waals surface area contributed by atoms with E-state index in [9.17, 15) is 14.4 Å². The van der Waals surface area contributed by atoms with Gasteiger partial charge in [0.05, 0.1) is 25.5 Å². The highest BCUT2D eigenvalue weighted by molar-refractivity contribution is 7.17. The molecule has 0 unspecified atom stereocenters. The zero-order valence-electron chi connectivity index (χ0n) is 27.1. The molecule has 5 rings (SSSR count). The number of fused-ring (bicyclic) bond motifs is 1. The van der Waals surface area contributed by atoms with Crippen LogP contribution in [0.5, 0.6) is 17.2 Å². The number of halogens is 2. The third-order valence-corrected chi connectivity index (χ3v) is 9.60. The predicted octanol–water partition coefficient (Wildman–Crippen LogP) is 7.87. The van der Waals surface area contributed by atoms with Crippen molar-refractivity contribution >= 4 is 63.5 Å². The molecule has 1 heterocycles. The number of esters is 1. The topological polar surface area (TPSA) is 125 Å². The monoisotopic (exact) mass is 723 g/mol. The maximum absolute atomic E-state index is 13.1. The number of benzene rings is 3. The van der Waals surface area contributed by atoms with Crippen LogP contribution in [-0.2, 0) is 29.0 Å². The summed E-state index contributed by atoms with van der Waals surface area (Å²) in [5, 5.41) is 8.45.